The van der Waals surface area contributed by atoms with Crippen molar-refractivity contribution in [3.05, 3.63) is 114 Å². The average molecular weight is 811 g/mol. The number of furan rings is 2. The molecule has 1 aliphatic heterocycles. The molecular weight excluding hydrogens is 745 g/mol. The molecule has 3 heterocycles. The van der Waals surface area contributed by atoms with E-state index >= 15 is 0 Å². The Bertz CT molecular complexity index is 2640. The molecule has 5 unspecified atom stereocenters. The van der Waals surface area contributed by atoms with E-state index in [-0.39, 0.29) is 0 Å². The van der Waals surface area contributed by atoms with Crippen molar-refractivity contribution >= 4 is 60.9 Å². The van der Waals surface area contributed by atoms with Crippen LogP contribution < -0.4 is 9.80 Å². The average Bonchev–Trinajstić information content (AvgIpc) is 3.63. The second-order valence-electron chi connectivity index (χ2n) is 19.9. The van der Waals surface area contributed by atoms with Gasteiger partial charge in [-0.25, -0.2) is 0 Å². The second kappa shape index (κ2) is 16.2. The molecule has 6 aliphatic rings. The lowest BCUT2D eigenvalue weighted by molar-refractivity contribution is 0.330. The Morgan fingerprint density at radius 3 is 2.05 bits per heavy atom. The Hall–Kier alpha value is -4.70. The van der Waals surface area contributed by atoms with Crippen LogP contribution in [0.2, 0.25) is 0 Å². The van der Waals surface area contributed by atoms with Gasteiger partial charge in [-0.1, -0.05) is 101 Å². The van der Waals surface area contributed by atoms with E-state index in [0.29, 0.717) is 35.8 Å². The van der Waals surface area contributed by atoms with Crippen molar-refractivity contribution in [1.29, 1.82) is 0 Å². The van der Waals surface area contributed by atoms with Crippen molar-refractivity contribution in [2.75, 3.05) is 16.3 Å². The lowest BCUT2D eigenvalue weighted by atomic mass is 9.81. The van der Waals surface area contributed by atoms with Crippen LogP contribution in [0.25, 0.3) is 43.9 Å². The highest BCUT2D eigenvalue weighted by Crippen LogP contribution is 2.52. The maximum atomic E-state index is 6.95. The zero-order valence-corrected chi connectivity index (χ0v) is 37.0. The molecule has 4 nitrogen and oxygen atoms in total. The van der Waals surface area contributed by atoms with Gasteiger partial charge >= 0.3 is 0 Å². The predicted molar refractivity (Wildman–Crippen MR) is 258 cm³/mol. The molecule has 0 spiro atoms. The SMILES string of the molecule is C=CCN(c1ccccc1C(C)/C=C\C)c1cc2c(cc1C1CCCCC1)oc1cc3oc4cc(C5CCCCC5)c(N5C(CC)C[C@H]6CCC7C=CC6CC75)cc4c3cc12. The van der Waals surface area contributed by atoms with Crippen LogP contribution in [0.1, 0.15) is 152 Å². The summed E-state index contributed by atoms with van der Waals surface area (Å²) in [5.74, 6) is 3.59. The summed E-state index contributed by atoms with van der Waals surface area (Å²) in [5.41, 5.74) is 12.2. The van der Waals surface area contributed by atoms with Gasteiger partial charge in [-0.2, -0.15) is 0 Å². The van der Waals surface area contributed by atoms with Gasteiger partial charge in [0.05, 0.1) is 0 Å². The predicted octanol–water partition coefficient (Wildman–Crippen LogP) is 16.5. The first-order valence-electron chi connectivity index (χ1n) is 24.5. The van der Waals surface area contributed by atoms with Crippen LogP contribution in [0.3, 0.4) is 0 Å². The molecule has 0 radical (unpaired) electrons. The normalized spacial score (nSPS) is 25.4. The van der Waals surface area contributed by atoms with E-state index in [9.17, 15) is 0 Å². The number of anilines is 3. The van der Waals surface area contributed by atoms with Gasteiger partial charge < -0.3 is 18.6 Å². The minimum Gasteiger partial charge on any atom is -0.456 e. The fraction of sp³-hybridized carbons (Fsp3) is 0.474. The highest BCUT2D eigenvalue weighted by atomic mass is 16.3. The van der Waals surface area contributed by atoms with E-state index < -0.39 is 0 Å². The second-order valence-corrected chi connectivity index (χ2v) is 19.9. The molecule has 61 heavy (non-hydrogen) atoms. The summed E-state index contributed by atoms with van der Waals surface area (Å²) in [6.07, 6.45) is 31.3. The van der Waals surface area contributed by atoms with Gasteiger partial charge in [-0.15, -0.1) is 6.58 Å². The molecule has 3 saturated carbocycles. The van der Waals surface area contributed by atoms with Crippen LogP contribution in [0, 0.1) is 17.8 Å². The highest BCUT2D eigenvalue weighted by Gasteiger charge is 2.45. The van der Waals surface area contributed by atoms with Crippen LogP contribution in [0.15, 0.2) is 106 Å². The van der Waals surface area contributed by atoms with Crippen LogP contribution >= 0.6 is 0 Å². The summed E-state index contributed by atoms with van der Waals surface area (Å²) in [5, 5.41) is 4.82. The molecule has 4 heteroatoms. The molecule has 316 valence electrons. The number of allylic oxidation sites excluding steroid dienone is 3. The van der Waals surface area contributed by atoms with Crippen LogP contribution in [-0.4, -0.2) is 18.6 Å². The summed E-state index contributed by atoms with van der Waals surface area (Å²) >= 11 is 0. The molecule has 12 rings (SSSR count). The number of hydrogen-bond donors (Lipinski definition) is 0. The number of para-hydroxylation sites is 1. The van der Waals surface area contributed by atoms with E-state index in [2.05, 4.69) is 128 Å². The maximum absolute atomic E-state index is 6.95. The summed E-state index contributed by atoms with van der Waals surface area (Å²) in [7, 11) is 0. The lowest BCUT2D eigenvalue weighted by Crippen LogP contribution is -2.47. The smallest absolute Gasteiger partial charge is 0.139 e. The number of nitrogens with zero attached hydrogens (tertiary/aromatic N) is 2. The summed E-state index contributed by atoms with van der Waals surface area (Å²) in [6.45, 7) is 11.9. The van der Waals surface area contributed by atoms with Crippen LogP contribution in [0.5, 0.6) is 0 Å². The van der Waals surface area contributed by atoms with E-state index in [1.54, 1.807) is 5.56 Å². The maximum Gasteiger partial charge on any atom is 0.139 e. The lowest BCUT2D eigenvalue weighted by Gasteiger charge is -2.45. The van der Waals surface area contributed by atoms with Gasteiger partial charge in [0.15, 0.2) is 0 Å². The third-order valence-corrected chi connectivity index (χ3v) is 16.4. The number of benzene rings is 4. The van der Waals surface area contributed by atoms with Crippen molar-refractivity contribution in [2.45, 2.75) is 147 Å². The topological polar surface area (TPSA) is 32.8 Å². The van der Waals surface area contributed by atoms with Crippen LogP contribution in [0.4, 0.5) is 17.1 Å². The van der Waals surface area contributed by atoms with E-state index in [1.165, 1.54) is 146 Å². The van der Waals surface area contributed by atoms with Gasteiger partial charge in [-0.05, 0) is 147 Å². The molecule has 4 fully saturated rings. The van der Waals surface area contributed by atoms with Crippen molar-refractivity contribution < 1.29 is 8.83 Å². The minimum atomic E-state index is 0.296. The zero-order valence-electron chi connectivity index (χ0n) is 37.0. The first-order valence-corrected chi connectivity index (χ1v) is 24.5. The Labute approximate surface area is 363 Å². The summed E-state index contributed by atoms with van der Waals surface area (Å²) in [6, 6.07) is 24.8. The van der Waals surface area contributed by atoms with Crippen molar-refractivity contribution in [3.63, 3.8) is 0 Å². The molecule has 2 aromatic heterocycles. The number of rotatable bonds is 10. The third kappa shape index (κ3) is 6.77. The third-order valence-electron chi connectivity index (χ3n) is 16.4. The van der Waals surface area contributed by atoms with Gasteiger partial charge in [0.25, 0.3) is 0 Å². The summed E-state index contributed by atoms with van der Waals surface area (Å²) in [4.78, 5) is 5.54. The van der Waals surface area contributed by atoms with Crippen molar-refractivity contribution in [2.24, 2.45) is 17.8 Å². The van der Waals surface area contributed by atoms with Gasteiger partial charge in [0.1, 0.15) is 22.3 Å². The molecular formula is C57H66N2O2. The first-order chi connectivity index (χ1) is 30.0. The molecule has 6 aromatic rings. The largest absolute Gasteiger partial charge is 0.456 e. The quantitative estimate of drug-likeness (QED) is 0.129. The molecule has 6 atom stereocenters. The molecule has 0 N–H and O–H groups in total. The van der Waals surface area contributed by atoms with E-state index in [4.69, 9.17) is 8.83 Å². The summed E-state index contributed by atoms with van der Waals surface area (Å²) < 4.78 is 13.9. The Kier molecular flexibility index (Phi) is 10.4. The molecule has 1 saturated heterocycles. The first kappa shape index (κ1) is 39.2. The fourth-order valence-electron chi connectivity index (χ4n) is 13.3. The van der Waals surface area contributed by atoms with Gasteiger partial charge in [-0.3, -0.25) is 0 Å². The van der Waals surface area contributed by atoms with Gasteiger partial charge in [0.2, 0.25) is 0 Å². The van der Waals surface area contributed by atoms with Crippen molar-refractivity contribution in [1.82, 2.24) is 0 Å². The van der Waals surface area contributed by atoms with Gasteiger partial charge in [0, 0.05) is 69.2 Å². The molecule has 5 aliphatic carbocycles. The molecule has 0 amide bonds. The Morgan fingerprint density at radius 2 is 1.34 bits per heavy atom. The number of hydrogen-bond acceptors (Lipinski definition) is 4. The van der Waals surface area contributed by atoms with E-state index in [0.717, 1.165) is 40.7 Å². The molecule has 4 aromatic carbocycles. The monoisotopic (exact) mass is 811 g/mol. The van der Waals surface area contributed by atoms with E-state index in [1.807, 2.05) is 0 Å². The Morgan fingerprint density at radius 1 is 0.705 bits per heavy atom. The standard InChI is InChI=1S/C57H66N2O2/c1-5-16-36(4)43-21-14-15-22-50(43)58(27-6-2)52-31-48-46-30-47-49-32-53(59-42(7-3)28-40-25-23-39-24-26-41(40)29-51(39)59)45(38-19-12-9-13-20-38)34-55(49)61-57(47)35-56(46)60-54(48)33-44(52)37-17-10-8-11-18-37/h5-6,14-16,21-22,24,26,30-42,51H,2,7-13,17-20,23,25,27-29H2,1,3-4H3/b16-5-/t36?,39?,40-,41?,42?,51?/m1/s1. The highest BCUT2D eigenvalue weighted by molar-refractivity contribution is 6.16. The number of fused-ring (bicyclic) bond motifs is 7. The Balaban J connectivity index is 1.11. The molecule has 4 bridgehead atoms. The van der Waals surface area contributed by atoms with Crippen LogP contribution in [-0.2, 0) is 0 Å². The fourth-order valence-corrected chi connectivity index (χ4v) is 13.3. The minimum absolute atomic E-state index is 0.296. The zero-order chi connectivity index (χ0) is 41.2. The van der Waals surface area contributed by atoms with Crippen molar-refractivity contribution in [3.8, 4) is 0 Å².